The van der Waals surface area contributed by atoms with Crippen LogP contribution in [0.15, 0.2) is 24.4 Å². The molecule has 1 atom stereocenters. The minimum absolute atomic E-state index is 0.808. The molecule has 3 heteroatoms. The molecular weight excluding hydrogens is 198 g/mol. The zero-order chi connectivity index (χ0) is 10.8. The number of nitrogens with zero attached hydrogens (tertiary/aromatic N) is 2. The van der Waals surface area contributed by atoms with Gasteiger partial charge in [-0.1, -0.05) is 6.07 Å². The molecule has 2 aliphatic rings. The standard InChI is InChI=1S/C13H19N3/c1-2-7-14-13(3-1)15-9-11-6-8-16(10-11)12-4-5-12/h1-3,7,11-12H,4-6,8-10H2,(H,14,15). The van der Waals surface area contributed by atoms with E-state index in [4.69, 9.17) is 0 Å². The average molecular weight is 217 g/mol. The molecule has 86 valence electrons. The van der Waals surface area contributed by atoms with Crippen molar-refractivity contribution in [3.05, 3.63) is 24.4 Å². The molecule has 0 radical (unpaired) electrons. The van der Waals surface area contributed by atoms with E-state index in [2.05, 4.69) is 15.2 Å². The second-order valence-corrected chi connectivity index (χ2v) is 4.98. The van der Waals surface area contributed by atoms with Crippen LogP contribution >= 0.6 is 0 Å². The summed E-state index contributed by atoms with van der Waals surface area (Å²) in [4.78, 5) is 6.94. The molecular formula is C13H19N3. The quantitative estimate of drug-likeness (QED) is 0.836. The van der Waals surface area contributed by atoms with Gasteiger partial charge in [-0.25, -0.2) is 4.98 Å². The third-order valence-corrected chi connectivity index (χ3v) is 3.62. The summed E-state index contributed by atoms with van der Waals surface area (Å²) in [5.41, 5.74) is 0. The summed E-state index contributed by atoms with van der Waals surface area (Å²) in [6.07, 6.45) is 6.05. The van der Waals surface area contributed by atoms with Gasteiger partial charge in [0.25, 0.3) is 0 Å². The van der Waals surface area contributed by atoms with E-state index in [1.165, 1.54) is 32.4 Å². The molecule has 1 saturated heterocycles. The lowest BCUT2D eigenvalue weighted by atomic mass is 10.1. The van der Waals surface area contributed by atoms with E-state index in [-0.39, 0.29) is 0 Å². The predicted molar refractivity (Wildman–Crippen MR) is 65.4 cm³/mol. The summed E-state index contributed by atoms with van der Waals surface area (Å²) in [6, 6.07) is 6.95. The van der Waals surface area contributed by atoms with Crippen LogP contribution in [0.25, 0.3) is 0 Å². The number of aromatic nitrogens is 1. The number of rotatable bonds is 4. The van der Waals surface area contributed by atoms with Gasteiger partial charge in [0.05, 0.1) is 0 Å². The second-order valence-electron chi connectivity index (χ2n) is 4.98. The number of likely N-dealkylation sites (tertiary alicyclic amines) is 1. The molecule has 1 aromatic heterocycles. The highest BCUT2D eigenvalue weighted by Gasteiger charge is 2.34. The Morgan fingerprint density at radius 1 is 1.31 bits per heavy atom. The topological polar surface area (TPSA) is 28.2 Å². The second kappa shape index (κ2) is 4.42. The van der Waals surface area contributed by atoms with E-state index in [9.17, 15) is 0 Å². The van der Waals surface area contributed by atoms with E-state index in [0.29, 0.717) is 0 Å². The molecule has 1 saturated carbocycles. The van der Waals surface area contributed by atoms with Gasteiger partial charge in [-0.15, -0.1) is 0 Å². The van der Waals surface area contributed by atoms with Crippen molar-refractivity contribution in [2.24, 2.45) is 5.92 Å². The van der Waals surface area contributed by atoms with Gasteiger partial charge in [0.2, 0.25) is 0 Å². The fourth-order valence-electron chi connectivity index (χ4n) is 2.52. The molecule has 1 aromatic rings. The Balaban J connectivity index is 1.46. The van der Waals surface area contributed by atoms with Crippen LogP contribution in [0.2, 0.25) is 0 Å². The minimum Gasteiger partial charge on any atom is -0.370 e. The first-order chi connectivity index (χ1) is 7.92. The molecule has 3 rings (SSSR count). The van der Waals surface area contributed by atoms with E-state index in [1.54, 1.807) is 0 Å². The van der Waals surface area contributed by atoms with Crippen molar-refractivity contribution >= 4 is 5.82 Å². The van der Waals surface area contributed by atoms with Crippen molar-refractivity contribution in [3.63, 3.8) is 0 Å². The van der Waals surface area contributed by atoms with Crippen LogP contribution in [0.5, 0.6) is 0 Å². The minimum atomic E-state index is 0.808. The van der Waals surface area contributed by atoms with Crippen molar-refractivity contribution in [2.75, 3.05) is 25.0 Å². The molecule has 3 nitrogen and oxygen atoms in total. The zero-order valence-corrected chi connectivity index (χ0v) is 9.60. The van der Waals surface area contributed by atoms with Gasteiger partial charge in [0.15, 0.2) is 0 Å². The fourth-order valence-corrected chi connectivity index (χ4v) is 2.52. The van der Waals surface area contributed by atoms with Gasteiger partial charge < -0.3 is 10.2 Å². The number of hydrogen-bond acceptors (Lipinski definition) is 3. The molecule has 0 aromatic carbocycles. The summed E-state index contributed by atoms with van der Waals surface area (Å²) in [5, 5.41) is 3.43. The number of nitrogens with one attached hydrogen (secondary N) is 1. The maximum Gasteiger partial charge on any atom is 0.125 e. The largest absolute Gasteiger partial charge is 0.370 e. The molecule has 16 heavy (non-hydrogen) atoms. The summed E-state index contributed by atoms with van der Waals surface area (Å²) in [5.74, 6) is 1.81. The summed E-state index contributed by atoms with van der Waals surface area (Å²) < 4.78 is 0. The summed E-state index contributed by atoms with van der Waals surface area (Å²) in [6.45, 7) is 3.66. The number of hydrogen-bond donors (Lipinski definition) is 1. The predicted octanol–water partition coefficient (Wildman–Crippen LogP) is 1.98. The van der Waals surface area contributed by atoms with Gasteiger partial charge in [0, 0.05) is 25.3 Å². The van der Waals surface area contributed by atoms with Crippen molar-refractivity contribution in [1.29, 1.82) is 0 Å². The van der Waals surface area contributed by atoms with Crippen LogP contribution < -0.4 is 5.32 Å². The lowest BCUT2D eigenvalue weighted by Crippen LogP contribution is -2.24. The first-order valence-electron chi connectivity index (χ1n) is 6.31. The van der Waals surface area contributed by atoms with E-state index < -0.39 is 0 Å². The Morgan fingerprint density at radius 2 is 2.25 bits per heavy atom. The SMILES string of the molecule is c1ccc(NCC2CCN(C3CC3)C2)nc1. The smallest absolute Gasteiger partial charge is 0.125 e. The number of pyridine rings is 1. The monoisotopic (exact) mass is 217 g/mol. The molecule has 0 bridgehead atoms. The Hall–Kier alpha value is -1.09. The van der Waals surface area contributed by atoms with Gasteiger partial charge in [0.1, 0.15) is 5.82 Å². The molecule has 2 fully saturated rings. The summed E-state index contributed by atoms with van der Waals surface area (Å²) in [7, 11) is 0. The lowest BCUT2D eigenvalue weighted by molar-refractivity contribution is 0.316. The third-order valence-electron chi connectivity index (χ3n) is 3.62. The van der Waals surface area contributed by atoms with Crippen LogP contribution in [0, 0.1) is 5.92 Å². The van der Waals surface area contributed by atoms with Gasteiger partial charge in [-0.05, 0) is 43.9 Å². The van der Waals surface area contributed by atoms with E-state index in [0.717, 1.165) is 24.3 Å². The Bertz CT molecular complexity index is 334. The fraction of sp³-hybridized carbons (Fsp3) is 0.615. The van der Waals surface area contributed by atoms with Crippen molar-refractivity contribution in [1.82, 2.24) is 9.88 Å². The molecule has 1 aliphatic carbocycles. The highest BCUT2D eigenvalue weighted by molar-refractivity contribution is 5.33. The van der Waals surface area contributed by atoms with E-state index in [1.807, 2.05) is 24.4 Å². The van der Waals surface area contributed by atoms with Crippen molar-refractivity contribution in [3.8, 4) is 0 Å². The molecule has 2 heterocycles. The maximum atomic E-state index is 4.28. The lowest BCUT2D eigenvalue weighted by Gasteiger charge is -2.15. The first-order valence-corrected chi connectivity index (χ1v) is 6.31. The first kappa shape index (κ1) is 10.1. The van der Waals surface area contributed by atoms with Crippen molar-refractivity contribution < 1.29 is 0 Å². The zero-order valence-electron chi connectivity index (χ0n) is 9.60. The molecule has 1 unspecified atom stereocenters. The molecule has 1 N–H and O–H groups in total. The highest BCUT2D eigenvalue weighted by atomic mass is 15.2. The van der Waals surface area contributed by atoms with E-state index >= 15 is 0 Å². The molecule has 0 amide bonds. The Kier molecular flexibility index (Phi) is 2.79. The van der Waals surface area contributed by atoms with Crippen LogP contribution in [0.4, 0.5) is 5.82 Å². The summed E-state index contributed by atoms with van der Waals surface area (Å²) >= 11 is 0. The average Bonchev–Trinajstić information content (AvgIpc) is 3.08. The van der Waals surface area contributed by atoms with Crippen LogP contribution in [-0.2, 0) is 0 Å². The van der Waals surface area contributed by atoms with Gasteiger partial charge >= 0.3 is 0 Å². The maximum absolute atomic E-state index is 4.28. The third kappa shape index (κ3) is 2.35. The van der Waals surface area contributed by atoms with Gasteiger partial charge in [-0.2, -0.15) is 0 Å². The normalized spacial score (nSPS) is 25.9. The van der Waals surface area contributed by atoms with Crippen LogP contribution in [-0.4, -0.2) is 35.6 Å². The Labute approximate surface area is 96.9 Å². The molecule has 1 aliphatic heterocycles. The molecule has 0 spiro atoms. The van der Waals surface area contributed by atoms with Crippen molar-refractivity contribution in [2.45, 2.75) is 25.3 Å². The Morgan fingerprint density at radius 3 is 3.00 bits per heavy atom. The number of anilines is 1. The highest BCUT2D eigenvalue weighted by Crippen LogP contribution is 2.31. The van der Waals surface area contributed by atoms with Crippen LogP contribution in [0.3, 0.4) is 0 Å². The van der Waals surface area contributed by atoms with Crippen LogP contribution in [0.1, 0.15) is 19.3 Å². The van der Waals surface area contributed by atoms with Gasteiger partial charge in [-0.3, -0.25) is 0 Å².